The Morgan fingerprint density at radius 3 is 2.50 bits per heavy atom. The van der Waals surface area contributed by atoms with E-state index in [0.29, 0.717) is 16.8 Å². The average Bonchev–Trinajstić information content (AvgIpc) is 2.49. The summed E-state index contributed by atoms with van der Waals surface area (Å²) < 4.78 is 0. The number of rotatable bonds is 6. The maximum atomic E-state index is 11.4. The number of nitro benzene ring substituents is 1. The first-order valence-corrected chi connectivity index (χ1v) is 9.04. The molecule has 0 N–H and O–H groups in total. The molecule has 5 heteroatoms. The third-order valence-electron chi connectivity index (χ3n) is 4.40. The van der Waals surface area contributed by atoms with Crippen molar-refractivity contribution in [3.05, 3.63) is 34.4 Å². The molecular formula is C17H25BrN2O2. The second-order valence-electron chi connectivity index (χ2n) is 6.53. The zero-order valence-corrected chi connectivity index (χ0v) is 15.0. The van der Waals surface area contributed by atoms with E-state index in [1.807, 2.05) is 12.1 Å². The van der Waals surface area contributed by atoms with Gasteiger partial charge in [-0.1, -0.05) is 41.9 Å². The molecular weight excluding hydrogens is 344 g/mol. The van der Waals surface area contributed by atoms with Crippen LogP contribution < -0.4 is 4.90 Å². The fourth-order valence-electron chi connectivity index (χ4n) is 3.11. The molecule has 1 aliphatic rings. The van der Waals surface area contributed by atoms with Crippen molar-refractivity contribution >= 4 is 27.3 Å². The molecule has 4 nitrogen and oxygen atoms in total. The van der Waals surface area contributed by atoms with Crippen LogP contribution in [-0.2, 0) is 0 Å². The third-order valence-corrected chi connectivity index (χ3v) is 5.32. The molecule has 22 heavy (non-hydrogen) atoms. The quantitative estimate of drug-likeness (QED) is 0.396. The van der Waals surface area contributed by atoms with E-state index in [-0.39, 0.29) is 10.6 Å². The van der Waals surface area contributed by atoms with Crippen LogP contribution in [0.1, 0.15) is 46.0 Å². The molecule has 0 radical (unpaired) electrons. The van der Waals surface area contributed by atoms with Gasteiger partial charge in [-0.25, -0.2) is 0 Å². The van der Waals surface area contributed by atoms with Gasteiger partial charge in [-0.2, -0.15) is 0 Å². The van der Waals surface area contributed by atoms with Gasteiger partial charge in [0.25, 0.3) is 5.69 Å². The van der Waals surface area contributed by atoms with Crippen LogP contribution in [0.5, 0.6) is 0 Å². The highest BCUT2D eigenvalue weighted by atomic mass is 79.9. The predicted octanol–water partition coefficient (Wildman–Crippen LogP) is 5.15. The van der Waals surface area contributed by atoms with Crippen molar-refractivity contribution in [2.45, 2.75) is 56.8 Å². The normalized spacial score (nSPS) is 21.8. The molecule has 0 bridgehead atoms. The summed E-state index contributed by atoms with van der Waals surface area (Å²) in [5.74, 6) is 0.595. The number of hydrogen-bond donors (Lipinski definition) is 0. The number of nitro groups is 1. The molecule has 1 aromatic rings. The summed E-state index contributed by atoms with van der Waals surface area (Å²) in [5.41, 5.74) is 1.01. The van der Waals surface area contributed by atoms with Crippen LogP contribution in [-0.4, -0.2) is 22.3 Å². The van der Waals surface area contributed by atoms with Crippen LogP contribution in [0.25, 0.3) is 0 Å². The standard InChI is InChI=1S/C17H25BrN2O2/c1-13(2)11-12-19(15-9-7-14(18)8-10-15)16-5-3-4-6-17(16)20(21)22/h3-6,13-15H,7-12H2,1-2H3. The Morgan fingerprint density at radius 2 is 1.91 bits per heavy atom. The predicted molar refractivity (Wildman–Crippen MR) is 94.9 cm³/mol. The van der Waals surface area contributed by atoms with Crippen molar-refractivity contribution in [2.75, 3.05) is 11.4 Å². The molecule has 2 rings (SSSR count). The Hall–Kier alpha value is -1.10. The lowest BCUT2D eigenvalue weighted by Gasteiger charge is -2.37. The third kappa shape index (κ3) is 4.45. The molecule has 0 unspecified atom stereocenters. The molecule has 0 amide bonds. The number of para-hydroxylation sites is 2. The minimum absolute atomic E-state index is 0.229. The van der Waals surface area contributed by atoms with E-state index in [2.05, 4.69) is 34.7 Å². The lowest BCUT2D eigenvalue weighted by molar-refractivity contribution is -0.384. The van der Waals surface area contributed by atoms with E-state index in [1.54, 1.807) is 12.1 Å². The van der Waals surface area contributed by atoms with Gasteiger partial charge >= 0.3 is 0 Å². The molecule has 0 spiro atoms. The first-order valence-electron chi connectivity index (χ1n) is 8.13. The summed E-state index contributed by atoms with van der Waals surface area (Å²) in [6, 6.07) is 7.58. The highest BCUT2D eigenvalue weighted by molar-refractivity contribution is 9.09. The van der Waals surface area contributed by atoms with Crippen LogP contribution in [0.4, 0.5) is 11.4 Å². The van der Waals surface area contributed by atoms with Gasteiger partial charge in [0.05, 0.1) is 4.92 Å². The summed E-state index contributed by atoms with van der Waals surface area (Å²) in [7, 11) is 0. The minimum Gasteiger partial charge on any atom is -0.363 e. The Balaban J connectivity index is 2.25. The van der Waals surface area contributed by atoms with Gasteiger partial charge in [0.15, 0.2) is 0 Å². The maximum Gasteiger partial charge on any atom is 0.292 e. The highest BCUT2D eigenvalue weighted by Gasteiger charge is 2.28. The van der Waals surface area contributed by atoms with Gasteiger partial charge in [0.1, 0.15) is 5.69 Å². The molecule has 122 valence electrons. The molecule has 1 fully saturated rings. The fourth-order valence-corrected chi connectivity index (χ4v) is 3.63. The number of benzene rings is 1. The molecule has 0 aromatic heterocycles. The monoisotopic (exact) mass is 368 g/mol. The molecule has 0 heterocycles. The van der Waals surface area contributed by atoms with Crippen molar-refractivity contribution in [1.29, 1.82) is 0 Å². The summed E-state index contributed by atoms with van der Waals surface area (Å²) in [5, 5.41) is 11.4. The van der Waals surface area contributed by atoms with E-state index < -0.39 is 0 Å². The number of anilines is 1. The first-order chi connectivity index (χ1) is 10.5. The highest BCUT2D eigenvalue weighted by Crippen LogP contribution is 2.35. The Labute approximate surface area is 141 Å². The number of nitrogens with zero attached hydrogens (tertiary/aromatic N) is 2. The van der Waals surface area contributed by atoms with Crippen LogP contribution in [0.15, 0.2) is 24.3 Å². The van der Waals surface area contributed by atoms with E-state index in [4.69, 9.17) is 0 Å². The van der Waals surface area contributed by atoms with Gasteiger partial charge in [0, 0.05) is 23.5 Å². The van der Waals surface area contributed by atoms with Crippen LogP contribution in [0, 0.1) is 16.0 Å². The van der Waals surface area contributed by atoms with Gasteiger partial charge in [-0.05, 0) is 44.1 Å². The van der Waals surface area contributed by atoms with Crippen molar-refractivity contribution < 1.29 is 4.92 Å². The summed E-state index contributed by atoms with van der Waals surface area (Å²) in [4.78, 5) is 14.0. The second kappa shape index (κ2) is 7.95. The Morgan fingerprint density at radius 1 is 1.27 bits per heavy atom. The van der Waals surface area contributed by atoms with Crippen LogP contribution in [0.3, 0.4) is 0 Å². The molecule has 0 saturated heterocycles. The number of hydrogen-bond acceptors (Lipinski definition) is 3. The largest absolute Gasteiger partial charge is 0.363 e. The SMILES string of the molecule is CC(C)CCN(c1ccccc1[N+](=O)[O-])C1CCC(Br)CC1. The van der Waals surface area contributed by atoms with Crippen molar-refractivity contribution in [3.63, 3.8) is 0 Å². The number of alkyl halides is 1. The zero-order chi connectivity index (χ0) is 16.1. The van der Waals surface area contributed by atoms with Gasteiger partial charge in [-0.3, -0.25) is 10.1 Å². The molecule has 1 aromatic carbocycles. The Bertz CT molecular complexity index is 499. The van der Waals surface area contributed by atoms with E-state index in [1.165, 1.54) is 0 Å². The van der Waals surface area contributed by atoms with E-state index in [9.17, 15) is 10.1 Å². The molecule has 1 saturated carbocycles. The lowest BCUT2D eigenvalue weighted by atomic mass is 9.93. The van der Waals surface area contributed by atoms with Gasteiger partial charge in [0.2, 0.25) is 0 Å². The summed E-state index contributed by atoms with van der Waals surface area (Å²) in [6.07, 6.45) is 5.54. The van der Waals surface area contributed by atoms with Crippen molar-refractivity contribution in [2.24, 2.45) is 5.92 Å². The van der Waals surface area contributed by atoms with E-state index >= 15 is 0 Å². The maximum absolute atomic E-state index is 11.4. The summed E-state index contributed by atoms with van der Waals surface area (Å²) in [6.45, 7) is 5.29. The molecule has 0 aliphatic heterocycles. The topological polar surface area (TPSA) is 46.4 Å². The molecule has 0 atom stereocenters. The van der Waals surface area contributed by atoms with Crippen LogP contribution in [0.2, 0.25) is 0 Å². The van der Waals surface area contributed by atoms with Gasteiger partial charge in [-0.15, -0.1) is 0 Å². The van der Waals surface area contributed by atoms with Gasteiger partial charge < -0.3 is 4.90 Å². The van der Waals surface area contributed by atoms with Crippen molar-refractivity contribution in [1.82, 2.24) is 0 Å². The smallest absolute Gasteiger partial charge is 0.292 e. The minimum atomic E-state index is -0.256. The molecule has 1 aliphatic carbocycles. The second-order valence-corrected chi connectivity index (χ2v) is 7.82. The Kier molecular flexibility index (Phi) is 6.24. The summed E-state index contributed by atoms with van der Waals surface area (Å²) >= 11 is 3.69. The van der Waals surface area contributed by atoms with E-state index in [0.717, 1.165) is 44.3 Å². The van der Waals surface area contributed by atoms with Crippen LogP contribution >= 0.6 is 15.9 Å². The lowest BCUT2D eigenvalue weighted by Crippen LogP contribution is -2.39. The zero-order valence-electron chi connectivity index (χ0n) is 13.4. The average molecular weight is 369 g/mol. The fraction of sp³-hybridized carbons (Fsp3) is 0.647. The van der Waals surface area contributed by atoms with Crippen molar-refractivity contribution in [3.8, 4) is 0 Å². The number of halogens is 1. The first kappa shape index (κ1) is 17.3.